The number of carbonyl (C=O) groups excluding carboxylic acids is 2. The zero-order valence-electron chi connectivity index (χ0n) is 15.7. The number of benzene rings is 2. The van der Waals surface area contributed by atoms with Crippen molar-refractivity contribution < 1.29 is 23.8 Å². The van der Waals surface area contributed by atoms with Crippen molar-refractivity contribution in [2.24, 2.45) is 5.92 Å². The first kappa shape index (κ1) is 21.0. The van der Waals surface area contributed by atoms with Crippen molar-refractivity contribution in [1.82, 2.24) is 0 Å². The fourth-order valence-corrected chi connectivity index (χ4v) is 2.60. The Bertz CT molecular complexity index is 784. The van der Waals surface area contributed by atoms with Crippen molar-refractivity contribution in [1.29, 1.82) is 0 Å². The van der Waals surface area contributed by atoms with E-state index in [-0.39, 0.29) is 0 Å². The molecule has 144 valence electrons. The SMILES string of the molecule is CCCOC(=O)c1ccc(OC(=O)c2ccc(OCC(C)C)c(Br)c2)cc1. The van der Waals surface area contributed by atoms with E-state index in [0.717, 1.165) is 6.42 Å². The van der Waals surface area contributed by atoms with E-state index in [4.69, 9.17) is 14.2 Å². The second-order valence-electron chi connectivity index (χ2n) is 6.40. The summed E-state index contributed by atoms with van der Waals surface area (Å²) in [5.41, 5.74) is 0.808. The molecule has 0 aliphatic heterocycles. The molecule has 0 heterocycles. The lowest BCUT2D eigenvalue weighted by Gasteiger charge is -2.11. The zero-order chi connectivity index (χ0) is 19.8. The summed E-state index contributed by atoms with van der Waals surface area (Å²) in [5.74, 6) is 0.547. The minimum atomic E-state index is -0.493. The molecule has 0 unspecified atom stereocenters. The van der Waals surface area contributed by atoms with E-state index in [1.54, 1.807) is 42.5 Å². The normalized spacial score (nSPS) is 10.6. The molecule has 0 spiro atoms. The van der Waals surface area contributed by atoms with E-state index >= 15 is 0 Å². The molecule has 2 aromatic rings. The van der Waals surface area contributed by atoms with Crippen LogP contribution in [-0.2, 0) is 4.74 Å². The van der Waals surface area contributed by atoms with Crippen molar-refractivity contribution in [2.75, 3.05) is 13.2 Å². The van der Waals surface area contributed by atoms with Gasteiger partial charge in [0.1, 0.15) is 11.5 Å². The molecule has 2 rings (SSSR count). The molecule has 0 radical (unpaired) electrons. The molecule has 0 aliphatic carbocycles. The first-order valence-corrected chi connectivity index (χ1v) is 9.61. The van der Waals surface area contributed by atoms with Crippen LogP contribution in [0.15, 0.2) is 46.9 Å². The van der Waals surface area contributed by atoms with Crippen molar-refractivity contribution >= 4 is 27.9 Å². The van der Waals surface area contributed by atoms with E-state index in [2.05, 4.69) is 29.8 Å². The number of ether oxygens (including phenoxy) is 3. The zero-order valence-corrected chi connectivity index (χ0v) is 17.2. The number of rotatable bonds is 8. The Hall–Kier alpha value is -2.34. The molecule has 27 heavy (non-hydrogen) atoms. The fraction of sp³-hybridized carbons (Fsp3) is 0.333. The third kappa shape index (κ3) is 6.40. The maximum absolute atomic E-state index is 12.3. The Kier molecular flexibility index (Phi) is 7.85. The van der Waals surface area contributed by atoms with Gasteiger partial charge in [-0.15, -0.1) is 0 Å². The van der Waals surface area contributed by atoms with Crippen LogP contribution in [0.25, 0.3) is 0 Å². The van der Waals surface area contributed by atoms with Crippen LogP contribution >= 0.6 is 15.9 Å². The van der Waals surface area contributed by atoms with Gasteiger partial charge in [0.25, 0.3) is 0 Å². The summed E-state index contributed by atoms with van der Waals surface area (Å²) < 4.78 is 16.8. The van der Waals surface area contributed by atoms with Crippen molar-refractivity contribution in [2.45, 2.75) is 27.2 Å². The largest absolute Gasteiger partial charge is 0.492 e. The van der Waals surface area contributed by atoms with Gasteiger partial charge in [0.15, 0.2) is 0 Å². The minimum absolute atomic E-state index is 0.350. The average molecular weight is 435 g/mol. The summed E-state index contributed by atoms with van der Waals surface area (Å²) in [5, 5.41) is 0. The predicted molar refractivity (Wildman–Crippen MR) is 106 cm³/mol. The Labute approximate surface area is 167 Å². The number of halogens is 1. The molecule has 0 N–H and O–H groups in total. The van der Waals surface area contributed by atoms with Gasteiger partial charge in [0.05, 0.1) is 28.8 Å². The van der Waals surface area contributed by atoms with Gasteiger partial charge in [0, 0.05) is 0 Å². The highest BCUT2D eigenvalue weighted by atomic mass is 79.9. The Balaban J connectivity index is 2.00. The van der Waals surface area contributed by atoms with Gasteiger partial charge in [-0.3, -0.25) is 0 Å². The molecule has 0 saturated heterocycles. The number of carbonyl (C=O) groups is 2. The fourth-order valence-electron chi connectivity index (χ4n) is 2.10. The summed E-state index contributed by atoms with van der Waals surface area (Å²) in [6.45, 7) is 7.02. The lowest BCUT2D eigenvalue weighted by atomic mass is 10.2. The van der Waals surface area contributed by atoms with Gasteiger partial charge in [-0.1, -0.05) is 20.8 Å². The van der Waals surface area contributed by atoms with Crippen LogP contribution in [-0.4, -0.2) is 25.2 Å². The lowest BCUT2D eigenvalue weighted by Crippen LogP contribution is -2.10. The maximum Gasteiger partial charge on any atom is 0.343 e. The van der Waals surface area contributed by atoms with Gasteiger partial charge in [-0.2, -0.15) is 0 Å². The van der Waals surface area contributed by atoms with Gasteiger partial charge < -0.3 is 14.2 Å². The van der Waals surface area contributed by atoms with Crippen molar-refractivity contribution in [3.05, 3.63) is 58.1 Å². The molecule has 0 atom stereocenters. The van der Waals surface area contributed by atoms with Crippen LogP contribution in [0.3, 0.4) is 0 Å². The van der Waals surface area contributed by atoms with E-state index in [1.807, 2.05) is 6.92 Å². The third-order valence-electron chi connectivity index (χ3n) is 3.48. The summed E-state index contributed by atoms with van der Waals surface area (Å²) in [7, 11) is 0. The van der Waals surface area contributed by atoms with Gasteiger partial charge in [-0.05, 0) is 70.7 Å². The standard InChI is InChI=1S/C21H23BrO5/c1-4-11-25-20(23)15-5-8-17(9-6-15)27-21(24)16-7-10-19(18(22)12-16)26-13-14(2)3/h5-10,12,14H,4,11,13H2,1-3H3. The van der Waals surface area contributed by atoms with E-state index in [9.17, 15) is 9.59 Å². The second-order valence-corrected chi connectivity index (χ2v) is 7.25. The smallest absolute Gasteiger partial charge is 0.343 e. The molecule has 5 nitrogen and oxygen atoms in total. The number of hydrogen-bond acceptors (Lipinski definition) is 5. The monoisotopic (exact) mass is 434 g/mol. The van der Waals surface area contributed by atoms with Crippen molar-refractivity contribution in [3.8, 4) is 11.5 Å². The molecule has 0 amide bonds. The summed E-state index contributed by atoms with van der Waals surface area (Å²) in [6, 6.07) is 11.3. The molecule has 0 bridgehead atoms. The molecule has 0 fully saturated rings. The van der Waals surface area contributed by atoms with Crippen LogP contribution in [0.4, 0.5) is 0 Å². The molecule has 0 aliphatic rings. The molecule has 0 aromatic heterocycles. The second kappa shape index (κ2) is 10.1. The summed E-state index contributed by atoms with van der Waals surface area (Å²) >= 11 is 3.41. The van der Waals surface area contributed by atoms with Crippen LogP contribution in [0.1, 0.15) is 47.9 Å². The topological polar surface area (TPSA) is 61.8 Å². The van der Waals surface area contributed by atoms with Crippen LogP contribution < -0.4 is 9.47 Å². The Morgan fingerprint density at radius 3 is 2.26 bits per heavy atom. The molecule has 2 aromatic carbocycles. The van der Waals surface area contributed by atoms with E-state index in [0.29, 0.717) is 46.2 Å². The van der Waals surface area contributed by atoms with E-state index < -0.39 is 11.9 Å². The summed E-state index contributed by atoms with van der Waals surface area (Å²) in [6.07, 6.45) is 0.762. The summed E-state index contributed by atoms with van der Waals surface area (Å²) in [4.78, 5) is 24.1. The minimum Gasteiger partial charge on any atom is -0.492 e. The highest BCUT2D eigenvalue weighted by molar-refractivity contribution is 9.10. The maximum atomic E-state index is 12.3. The highest BCUT2D eigenvalue weighted by Crippen LogP contribution is 2.27. The first-order valence-electron chi connectivity index (χ1n) is 8.82. The van der Waals surface area contributed by atoms with Gasteiger partial charge >= 0.3 is 11.9 Å². The lowest BCUT2D eigenvalue weighted by molar-refractivity contribution is 0.0505. The third-order valence-corrected chi connectivity index (χ3v) is 4.10. The highest BCUT2D eigenvalue weighted by Gasteiger charge is 2.13. The van der Waals surface area contributed by atoms with Gasteiger partial charge in [-0.25, -0.2) is 9.59 Å². The van der Waals surface area contributed by atoms with Crippen molar-refractivity contribution in [3.63, 3.8) is 0 Å². The Morgan fingerprint density at radius 2 is 1.67 bits per heavy atom. The van der Waals surface area contributed by atoms with Gasteiger partial charge in [0.2, 0.25) is 0 Å². The predicted octanol–water partition coefficient (Wildman–Crippen LogP) is 5.27. The molecule has 0 saturated carbocycles. The molecule has 6 heteroatoms. The van der Waals surface area contributed by atoms with E-state index in [1.165, 1.54) is 0 Å². The van der Waals surface area contributed by atoms with Crippen LogP contribution in [0.2, 0.25) is 0 Å². The first-order chi connectivity index (χ1) is 12.9. The number of esters is 2. The van der Waals surface area contributed by atoms with Crippen LogP contribution in [0, 0.1) is 5.92 Å². The average Bonchev–Trinajstić information content (AvgIpc) is 2.65. The van der Waals surface area contributed by atoms with Crippen LogP contribution in [0.5, 0.6) is 11.5 Å². The quantitative estimate of drug-likeness (QED) is 0.418. The number of hydrogen-bond donors (Lipinski definition) is 0. The molecular weight excluding hydrogens is 412 g/mol. The molecular formula is C21H23BrO5. The Morgan fingerprint density at radius 1 is 1.00 bits per heavy atom.